The first kappa shape index (κ1) is 12.8. The quantitative estimate of drug-likeness (QED) is 0.764. The van der Waals surface area contributed by atoms with E-state index in [0.717, 1.165) is 5.56 Å². The minimum absolute atomic E-state index is 0.0683. The molecule has 0 saturated heterocycles. The average Bonchev–Trinajstić information content (AvgIpc) is 2.23. The Morgan fingerprint density at radius 3 is 2.50 bits per heavy atom. The number of carbonyl (C=O) groups is 1. The Kier molecular flexibility index (Phi) is 4.19. The predicted octanol–water partition coefficient (Wildman–Crippen LogP) is 3.22. The molecule has 0 aliphatic heterocycles. The second kappa shape index (κ2) is 5.21. The molecular formula is C12H15ClO3. The molecule has 4 heteroatoms. The lowest BCUT2D eigenvalue weighted by molar-refractivity contribution is 0.0601. The van der Waals surface area contributed by atoms with Crippen LogP contribution < -0.4 is 4.74 Å². The maximum atomic E-state index is 11.4. The van der Waals surface area contributed by atoms with Crippen molar-refractivity contribution in [1.29, 1.82) is 0 Å². The van der Waals surface area contributed by atoms with Crippen LogP contribution in [0, 0.1) is 6.92 Å². The third-order valence-electron chi connectivity index (χ3n) is 2.10. The summed E-state index contributed by atoms with van der Waals surface area (Å²) in [5.74, 6) is 0.247. The third kappa shape index (κ3) is 2.67. The van der Waals surface area contributed by atoms with Crippen molar-refractivity contribution in [2.24, 2.45) is 0 Å². The smallest absolute Gasteiger partial charge is 0.339 e. The normalized spacial score (nSPS) is 10.4. The Bertz CT molecular complexity index is 399. The number of hydrogen-bond acceptors (Lipinski definition) is 3. The van der Waals surface area contributed by atoms with Crippen molar-refractivity contribution in [2.75, 3.05) is 7.11 Å². The Morgan fingerprint density at radius 1 is 1.38 bits per heavy atom. The van der Waals surface area contributed by atoms with Gasteiger partial charge in [-0.25, -0.2) is 4.79 Å². The lowest BCUT2D eigenvalue weighted by atomic mass is 10.1. The van der Waals surface area contributed by atoms with Crippen LogP contribution in [0.1, 0.15) is 29.8 Å². The molecule has 0 heterocycles. The molecule has 1 aromatic carbocycles. The van der Waals surface area contributed by atoms with Crippen molar-refractivity contribution in [2.45, 2.75) is 26.9 Å². The summed E-state index contributed by atoms with van der Waals surface area (Å²) in [6, 6.07) is 3.34. The van der Waals surface area contributed by atoms with Crippen molar-refractivity contribution in [3.63, 3.8) is 0 Å². The van der Waals surface area contributed by atoms with Crippen LogP contribution in [0.4, 0.5) is 0 Å². The van der Waals surface area contributed by atoms with Gasteiger partial charge in [-0.15, -0.1) is 0 Å². The molecule has 0 spiro atoms. The number of halogens is 1. The van der Waals surface area contributed by atoms with Gasteiger partial charge in [0.05, 0.1) is 23.8 Å². The van der Waals surface area contributed by atoms with E-state index in [9.17, 15) is 4.79 Å². The number of benzene rings is 1. The van der Waals surface area contributed by atoms with Crippen LogP contribution in [-0.4, -0.2) is 19.2 Å². The summed E-state index contributed by atoms with van der Waals surface area (Å²) in [5, 5.41) is 0.380. The number of rotatable bonds is 3. The fourth-order valence-corrected chi connectivity index (χ4v) is 1.55. The molecule has 0 bridgehead atoms. The van der Waals surface area contributed by atoms with Gasteiger partial charge in [0.25, 0.3) is 0 Å². The molecule has 0 aliphatic rings. The molecule has 0 atom stereocenters. The Hall–Kier alpha value is -1.22. The van der Waals surface area contributed by atoms with Gasteiger partial charge in [0, 0.05) is 5.56 Å². The molecule has 16 heavy (non-hydrogen) atoms. The van der Waals surface area contributed by atoms with Crippen LogP contribution in [0.15, 0.2) is 12.1 Å². The zero-order valence-electron chi connectivity index (χ0n) is 9.83. The van der Waals surface area contributed by atoms with Crippen LogP contribution in [0.2, 0.25) is 5.02 Å². The number of hydrogen-bond donors (Lipinski definition) is 0. The van der Waals surface area contributed by atoms with Crippen molar-refractivity contribution < 1.29 is 14.3 Å². The fourth-order valence-electron chi connectivity index (χ4n) is 1.32. The zero-order valence-corrected chi connectivity index (χ0v) is 10.6. The lowest BCUT2D eigenvalue weighted by Gasteiger charge is -2.14. The third-order valence-corrected chi connectivity index (χ3v) is 2.59. The first-order chi connectivity index (χ1) is 7.47. The van der Waals surface area contributed by atoms with E-state index in [0.29, 0.717) is 16.3 Å². The highest BCUT2D eigenvalue weighted by Gasteiger charge is 2.15. The van der Waals surface area contributed by atoms with Gasteiger partial charge in [-0.3, -0.25) is 0 Å². The van der Waals surface area contributed by atoms with E-state index in [1.165, 1.54) is 7.11 Å². The standard InChI is InChI=1S/C12H15ClO3/c1-7(2)16-10-6-5-9(12(14)15-4)11(13)8(10)3/h5-7H,1-4H3. The number of esters is 1. The zero-order chi connectivity index (χ0) is 12.3. The molecular weight excluding hydrogens is 228 g/mol. The summed E-state index contributed by atoms with van der Waals surface area (Å²) in [5.41, 5.74) is 1.11. The molecule has 0 saturated carbocycles. The van der Waals surface area contributed by atoms with Gasteiger partial charge in [-0.2, -0.15) is 0 Å². The monoisotopic (exact) mass is 242 g/mol. The van der Waals surface area contributed by atoms with Crippen molar-refractivity contribution in [3.05, 3.63) is 28.3 Å². The molecule has 0 N–H and O–H groups in total. The van der Waals surface area contributed by atoms with Crippen molar-refractivity contribution in [3.8, 4) is 5.75 Å². The molecule has 1 rings (SSSR count). The van der Waals surface area contributed by atoms with E-state index in [-0.39, 0.29) is 6.10 Å². The molecule has 88 valence electrons. The first-order valence-electron chi connectivity index (χ1n) is 5.01. The van der Waals surface area contributed by atoms with Gasteiger partial charge in [-0.1, -0.05) is 11.6 Å². The maximum Gasteiger partial charge on any atom is 0.339 e. The summed E-state index contributed by atoms with van der Waals surface area (Å²) >= 11 is 6.07. The SMILES string of the molecule is COC(=O)c1ccc(OC(C)C)c(C)c1Cl. The van der Waals surface area contributed by atoms with Crippen LogP contribution in [0.3, 0.4) is 0 Å². The molecule has 3 nitrogen and oxygen atoms in total. The topological polar surface area (TPSA) is 35.5 Å². The molecule has 0 fully saturated rings. The number of methoxy groups -OCH3 is 1. The van der Waals surface area contributed by atoms with Crippen LogP contribution >= 0.6 is 11.6 Å². The molecule has 0 unspecified atom stereocenters. The lowest BCUT2D eigenvalue weighted by Crippen LogP contribution is -2.08. The highest BCUT2D eigenvalue weighted by atomic mass is 35.5. The Balaban J connectivity index is 3.13. The Labute approximate surface area is 100 Å². The first-order valence-corrected chi connectivity index (χ1v) is 5.39. The molecule has 1 aromatic rings. The summed E-state index contributed by atoms with van der Waals surface area (Å²) < 4.78 is 10.2. The highest BCUT2D eigenvalue weighted by Crippen LogP contribution is 2.30. The summed E-state index contributed by atoms with van der Waals surface area (Å²) in [7, 11) is 1.33. The predicted molar refractivity (Wildman–Crippen MR) is 63.3 cm³/mol. The van der Waals surface area contributed by atoms with E-state index in [4.69, 9.17) is 16.3 Å². The summed E-state index contributed by atoms with van der Waals surface area (Å²) in [6.07, 6.45) is 0.0683. The van der Waals surface area contributed by atoms with Crippen LogP contribution in [0.25, 0.3) is 0 Å². The van der Waals surface area contributed by atoms with Gasteiger partial charge in [0.2, 0.25) is 0 Å². The van der Waals surface area contributed by atoms with E-state index in [1.807, 2.05) is 20.8 Å². The number of carbonyl (C=O) groups excluding carboxylic acids is 1. The van der Waals surface area contributed by atoms with E-state index < -0.39 is 5.97 Å². The maximum absolute atomic E-state index is 11.4. The number of ether oxygens (including phenoxy) is 2. The van der Waals surface area contributed by atoms with E-state index in [1.54, 1.807) is 12.1 Å². The largest absolute Gasteiger partial charge is 0.491 e. The summed E-state index contributed by atoms with van der Waals surface area (Å²) in [6.45, 7) is 5.68. The average molecular weight is 243 g/mol. The van der Waals surface area contributed by atoms with Gasteiger partial charge < -0.3 is 9.47 Å². The van der Waals surface area contributed by atoms with Gasteiger partial charge >= 0.3 is 5.97 Å². The summed E-state index contributed by atoms with van der Waals surface area (Å²) in [4.78, 5) is 11.4. The molecule has 0 aliphatic carbocycles. The van der Waals surface area contributed by atoms with E-state index in [2.05, 4.69) is 4.74 Å². The van der Waals surface area contributed by atoms with E-state index >= 15 is 0 Å². The molecule has 0 amide bonds. The van der Waals surface area contributed by atoms with Gasteiger partial charge in [0.1, 0.15) is 5.75 Å². The van der Waals surface area contributed by atoms with Gasteiger partial charge in [0.15, 0.2) is 0 Å². The highest BCUT2D eigenvalue weighted by molar-refractivity contribution is 6.34. The van der Waals surface area contributed by atoms with Crippen LogP contribution in [-0.2, 0) is 4.74 Å². The van der Waals surface area contributed by atoms with Crippen molar-refractivity contribution >= 4 is 17.6 Å². The van der Waals surface area contributed by atoms with Crippen molar-refractivity contribution in [1.82, 2.24) is 0 Å². The van der Waals surface area contributed by atoms with Gasteiger partial charge in [-0.05, 0) is 32.9 Å². The fraction of sp³-hybridized carbons (Fsp3) is 0.417. The minimum Gasteiger partial charge on any atom is -0.491 e. The molecule has 0 aromatic heterocycles. The Morgan fingerprint density at radius 2 is 2.00 bits per heavy atom. The second-order valence-corrected chi connectivity index (χ2v) is 4.09. The second-order valence-electron chi connectivity index (χ2n) is 3.71. The van der Waals surface area contributed by atoms with Crippen LogP contribution in [0.5, 0.6) is 5.75 Å². The molecule has 0 radical (unpaired) electrons. The minimum atomic E-state index is -0.441.